The van der Waals surface area contributed by atoms with Crippen molar-refractivity contribution in [3.63, 3.8) is 0 Å². The van der Waals surface area contributed by atoms with Crippen LogP contribution in [-0.2, 0) is 14.3 Å². The number of rotatable bonds is 7. The highest BCUT2D eigenvalue weighted by atomic mass is 79.9. The van der Waals surface area contributed by atoms with Crippen LogP contribution >= 0.6 is 15.9 Å². The van der Waals surface area contributed by atoms with Gasteiger partial charge in [0.05, 0.1) is 26.1 Å². The van der Waals surface area contributed by atoms with Gasteiger partial charge < -0.3 is 10.1 Å². The molecule has 0 fully saturated rings. The van der Waals surface area contributed by atoms with Crippen LogP contribution in [0, 0.1) is 0 Å². The van der Waals surface area contributed by atoms with Crippen molar-refractivity contribution in [3.05, 3.63) is 34.3 Å². The van der Waals surface area contributed by atoms with E-state index in [1.165, 1.54) is 7.11 Å². The molecule has 0 aliphatic carbocycles. The molecule has 116 valence electrons. The lowest BCUT2D eigenvalue weighted by molar-refractivity contribution is -0.141. The van der Waals surface area contributed by atoms with Crippen molar-refractivity contribution in [2.24, 2.45) is 0 Å². The smallest absolute Gasteiger partial charge is 0.306 e. The lowest BCUT2D eigenvalue weighted by Crippen LogP contribution is -2.37. The van der Waals surface area contributed by atoms with E-state index in [0.29, 0.717) is 6.54 Å². The summed E-state index contributed by atoms with van der Waals surface area (Å²) in [5.74, 6) is -0.344. The van der Waals surface area contributed by atoms with Crippen molar-refractivity contribution < 1.29 is 14.3 Å². The van der Waals surface area contributed by atoms with E-state index in [4.69, 9.17) is 0 Å². The second-order valence-electron chi connectivity index (χ2n) is 4.90. The van der Waals surface area contributed by atoms with E-state index >= 15 is 0 Å². The van der Waals surface area contributed by atoms with Crippen molar-refractivity contribution in [2.75, 3.05) is 27.2 Å². The normalized spacial score (nSPS) is 12.0. The molecular weight excluding hydrogens is 336 g/mol. The Morgan fingerprint density at radius 2 is 1.95 bits per heavy atom. The van der Waals surface area contributed by atoms with E-state index in [-0.39, 0.29) is 30.9 Å². The highest BCUT2D eigenvalue weighted by Gasteiger charge is 2.12. The van der Waals surface area contributed by atoms with E-state index in [9.17, 15) is 9.59 Å². The molecule has 5 nitrogen and oxygen atoms in total. The number of amides is 1. The number of likely N-dealkylation sites (N-methyl/N-ethyl adjacent to an activating group) is 1. The number of ether oxygens (including phenoxy) is 1. The molecular formula is C15H21BrN2O3. The Morgan fingerprint density at radius 3 is 2.52 bits per heavy atom. The maximum Gasteiger partial charge on any atom is 0.306 e. The molecule has 1 aromatic rings. The van der Waals surface area contributed by atoms with E-state index in [2.05, 4.69) is 26.0 Å². The van der Waals surface area contributed by atoms with Gasteiger partial charge in [-0.1, -0.05) is 28.1 Å². The molecule has 1 N–H and O–H groups in total. The van der Waals surface area contributed by atoms with Gasteiger partial charge in [0.25, 0.3) is 0 Å². The maximum atomic E-state index is 11.9. The van der Waals surface area contributed by atoms with Crippen LogP contribution < -0.4 is 5.32 Å². The summed E-state index contributed by atoms with van der Waals surface area (Å²) >= 11 is 3.38. The molecule has 0 heterocycles. The monoisotopic (exact) mass is 356 g/mol. The Bertz CT molecular complexity index is 476. The Balaban J connectivity index is 2.38. The molecule has 0 bridgehead atoms. The third-order valence-electron chi connectivity index (χ3n) is 3.09. The standard InChI is InChI=1S/C15H21BrN2O3/c1-11(12-4-6-13(16)7-5-12)17-14(19)10-18(2)9-8-15(20)21-3/h4-7,11H,8-10H2,1-3H3,(H,17,19). The summed E-state index contributed by atoms with van der Waals surface area (Å²) in [6, 6.07) is 7.77. The molecule has 1 atom stereocenters. The van der Waals surface area contributed by atoms with Crippen molar-refractivity contribution in [1.82, 2.24) is 10.2 Å². The van der Waals surface area contributed by atoms with Gasteiger partial charge in [-0.15, -0.1) is 0 Å². The molecule has 1 unspecified atom stereocenters. The van der Waals surface area contributed by atoms with Gasteiger partial charge >= 0.3 is 5.97 Å². The number of hydrogen-bond acceptors (Lipinski definition) is 4. The molecule has 0 aliphatic heterocycles. The number of esters is 1. The average molecular weight is 357 g/mol. The summed E-state index contributed by atoms with van der Waals surface area (Å²) in [6.45, 7) is 2.68. The highest BCUT2D eigenvalue weighted by Crippen LogP contribution is 2.16. The first kappa shape index (κ1) is 17.7. The van der Waals surface area contributed by atoms with E-state index in [1.807, 2.05) is 31.2 Å². The van der Waals surface area contributed by atoms with Gasteiger partial charge in [0.2, 0.25) is 5.91 Å². The Morgan fingerprint density at radius 1 is 1.33 bits per heavy atom. The topological polar surface area (TPSA) is 58.6 Å². The summed E-state index contributed by atoms with van der Waals surface area (Å²) in [5.41, 5.74) is 1.05. The predicted octanol–water partition coefficient (Wildman–Crippen LogP) is 2.12. The fraction of sp³-hybridized carbons (Fsp3) is 0.467. The number of halogens is 1. The van der Waals surface area contributed by atoms with Crippen LogP contribution in [0.2, 0.25) is 0 Å². The zero-order chi connectivity index (χ0) is 15.8. The van der Waals surface area contributed by atoms with Crippen LogP contribution in [0.15, 0.2) is 28.7 Å². The van der Waals surface area contributed by atoms with Gasteiger partial charge in [0.15, 0.2) is 0 Å². The van der Waals surface area contributed by atoms with Gasteiger partial charge in [-0.3, -0.25) is 14.5 Å². The number of nitrogens with zero attached hydrogens (tertiary/aromatic N) is 1. The zero-order valence-corrected chi connectivity index (χ0v) is 14.1. The first-order chi connectivity index (χ1) is 9.92. The molecule has 0 saturated carbocycles. The molecule has 1 aromatic carbocycles. The van der Waals surface area contributed by atoms with Gasteiger partial charge in [-0.05, 0) is 31.7 Å². The Kier molecular flexibility index (Phi) is 7.39. The molecule has 0 spiro atoms. The van der Waals surface area contributed by atoms with E-state index < -0.39 is 0 Å². The minimum absolute atomic E-state index is 0.0559. The van der Waals surface area contributed by atoms with Crippen LogP contribution in [0.4, 0.5) is 0 Å². The molecule has 0 saturated heterocycles. The quantitative estimate of drug-likeness (QED) is 0.760. The Labute approximate surface area is 133 Å². The van der Waals surface area contributed by atoms with E-state index in [0.717, 1.165) is 10.0 Å². The SMILES string of the molecule is COC(=O)CCN(C)CC(=O)NC(C)c1ccc(Br)cc1. The fourth-order valence-electron chi connectivity index (χ4n) is 1.83. The van der Waals surface area contributed by atoms with Crippen LogP contribution in [0.1, 0.15) is 24.9 Å². The molecule has 0 aliphatic rings. The number of benzene rings is 1. The minimum atomic E-state index is -0.273. The van der Waals surface area contributed by atoms with Gasteiger partial charge in [0.1, 0.15) is 0 Å². The number of methoxy groups -OCH3 is 1. The minimum Gasteiger partial charge on any atom is -0.469 e. The Hall–Kier alpha value is -1.40. The van der Waals surface area contributed by atoms with Crippen LogP contribution in [0.25, 0.3) is 0 Å². The van der Waals surface area contributed by atoms with Crippen LogP contribution in [0.3, 0.4) is 0 Å². The van der Waals surface area contributed by atoms with Crippen molar-refractivity contribution >= 4 is 27.8 Å². The molecule has 0 aromatic heterocycles. The van der Waals surface area contributed by atoms with Crippen molar-refractivity contribution in [3.8, 4) is 0 Å². The summed E-state index contributed by atoms with van der Waals surface area (Å²) < 4.78 is 5.57. The fourth-order valence-corrected chi connectivity index (χ4v) is 2.09. The first-order valence-corrected chi connectivity index (χ1v) is 7.52. The maximum absolute atomic E-state index is 11.9. The average Bonchev–Trinajstić information content (AvgIpc) is 2.45. The second kappa shape index (κ2) is 8.79. The van der Waals surface area contributed by atoms with Crippen LogP contribution in [0.5, 0.6) is 0 Å². The third kappa shape index (κ3) is 6.73. The largest absolute Gasteiger partial charge is 0.469 e. The number of hydrogen-bond donors (Lipinski definition) is 1. The summed E-state index contributed by atoms with van der Waals surface area (Å²) in [7, 11) is 3.15. The summed E-state index contributed by atoms with van der Waals surface area (Å²) in [6.07, 6.45) is 0.280. The summed E-state index contributed by atoms with van der Waals surface area (Å²) in [5, 5.41) is 2.94. The zero-order valence-electron chi connectivity index (χ0n) is 12.6. The number of nitrogens with one attached hydrogen (secondary N) is 1. The molecule has 0 radical (unpaired) electrons. The lowest BCUT2D eigenvalue weighted by atomic mass is 10.1. The van der Waals surface area contributed by atoms with Crippen molar-refractivity contribution in [1.29, 1.82) is 0 Å². The van der Waals surface area contributed by atoms with Gasteiger partial charge in [0, 0.05) is 11.0 Å². The van der Waals surface area contributed by atoms with Gasteiger partial charge in [-0.2, -0.15) is 0 Å². The number of carbonyl (C=O) groups is 2. The predicted molar refractivity (Wildman–Crippen MR) is 84.8 cm³/mol. The summed E-state index contributed by atoms with van der Waals surface area (Å²) in [4.78, 5) is 24.8. The molecule has 1 amide bonds. The highest BCUT2D eigenvalue weighted by molar-refractivity contribution is 9.10. The third-order valence-corrected chi connectivity index (χ3v) is 3.62. The first-order valence-electron chi connectivity index (χ1n) is 6.72. The van der Waals surface area contributed by atoms with Crippen molar-refractivity contribution in [2.45, 2.75) is 19.4 Å². The molecule has 1 rings (SSSR count). The number of carbonyl (C=O) groups excluding carboxylic acids is 2. The molecule has 6 heteroatoms. The van der Waals surface area contributed by atoms with E-state index in [1.54, 1.807) is 11.9 Å². The van der Waals surface area contributed by atoms with Gasteiger partial charge in [-0.25, -0.2) is 0 Å². The van der Waals surface area contributed by atoms with Crippen LogP contribution in [-0.4, -0.2) is 44.0 Å². The lowest BCUT2D eigenvalue weighted by Gasteiger charge is -2.19. The second-order valence-corrected chi connectivity index (χ2v) is 5.82. The molecule has 21 heavy (non-hydrogen) atoms.